The molecule has 23 heavy (non-hydrogen) atoms. The SMILES string of the molecule is CCCCN(C)c1ccc(NC(=O)C(C)S(=O)(=O)C(C)C)cc1. The van der Waals surface area contributed by atoms with Crippen molar-refractivity contribution in [2.24, 2.45) is 0 Å². The Morgan fingerprint density at radius 1 is 1.17 bits per heavy atom. The highest BCUT2D eigenvalue weighted by molar-refractivity contribution is 7.93. The fraction of sp³-hybridized carbons (Fsp3) is 0.588. The Morgan fingerprint density at radius 2 is 1.74 bits per heavy atom. The van der Waals surface area contributed by atoms with E-state index in [2.05, 4.69) is 17.1 Å². The summed E-state index contributed by atoms with van der Waals surface area (Å²) in [4.78, 5) is 14.3. The zero-order valence-electron chi connectivity index (χ0n) is 14.7. The molecule has 1 atom stereocenters. The first kappa shape index (κ1) is 19.5. The van der Waals surface area contributed by atoms with Gasteiger partial charge in [-0.2, -0.15) is 0 Å². The molecule has 0 aliphatic carbocycles. The van der Waals surface area contributed by atoms with Gasteiger partial charge in [0.25, 0.3) is 0 Å². The summed E-state index contributed by atoms with van der Waals surface area (Å²) in [5.41, 5.74) is 1.67. The van der Waals surface area contributed by atoms with Crippen molar-refractivity contribution < 1.29 is 13.2 Å². The van der Waals surface area contributed by atoms with Gasteiger partial charge in [-0.15, -0.1) is 0 Å². The smallest absolute Gasteiger partial charge is 0.242 e. The Balaban J connectivity index is 2.73. The third kappa shape index (κ3) is 5.23. The molecule has 1 unspecified atom stereocenters. The van der Waals surface area contributed by atoms with Gasteiger partial charge in [-0.05, 0) is 51.5 Å². The van der Waals surface area contributed by atoms with Crippen LogP contribution in [0.5, 0.6) is 0 Å². The average molecular weight is 340 g/mol. The lowest BCUT2D eigenvalue weighted by Gasteiger charge is -2.20. The van der Waals surface area contributed by atoms with Gasteiger partial charge in [0.05, 0.1) is 5.25 Å². The molecule has 1 rings (SSSR count). The largest absolute Gasteiger partial charge is 0.375 e. The second-order valence-corrected chi connectivity index (χ2v) is 8.92. The van der Waals surface area contributed by atoms with E-state index >= 15 is 0 Å². The molecule has 0 radical (unpaired) electrons. The van der Waals surface area contributed by atoms with E-state index in [0.29, 0.717) is 5.69 Å². The van der Waals surface area contributed by atoms with Crippen LogP contribution in [-0.2, 0) is 14.6 Å². The summed E-state index contributed by atoms with van der Waals surface area (Å²) in [5, 5.41) is 1.04. The molecular weight excluding hydrogens is 312 g/mol. The zero-order valence-corrected chi connectivity index (χ0v) is 15.5. The van der Waals surface area contributed by atoms with E-state index in [1.165, 1.54) is 6.92 Å². The standard InChI is InChI=1S/C17H28N2O3S/c1-6-7-12-19(5)16-10-8-15(9-11-16)18-17(20)14(4)23(21,22)13(2)3/h8-11,13-14H,6-7,12H2,1-5H3,(H,18,20). The van der Waals surface area contributed by atoms with Crippen LogP contribution in [0.4, 0.5) is 11.4 Å². The number of anilines is 2. The molecule has 0 aromatic heterocycles. The number of benzene rings is 1. The maximum absolute atomic E-state index is 12.1. The van der Waals surface area contributed by atoms with E-state index in [4.69, 9.17) is 0 Å². The molecule has 0 heterocycles. The number of nitrogens with one attached hydrogen (secondary N) is 1. The van der Waals surface area contributed by atoms with Gasteiger partial charge >= 0.3 is 0 Å². The quantitative estimate of drug-likeness (QED) is 0.790. The van der Waals surface area contributed by atoms with Gasteiger partial charge in [-0.1, -0.05) is 13.3 Å². The first-order chi connectivity index (χ1) is 10.7. The molecule has 0 aliphatic heterocycles. The van der Waals surface area contributed by atoms with Crippen LogP contribution < -0.4 is 10.2 Å². The van der Waals surface area contributed by atoms with Gasteiger partial charge in [0.15, 0.2) is 9.84 Å². The Morgan fingerprint density at radius 3 is 2.22 bits per heavy atom. The maximum Gasteiger partial charge on any atom is 0.242 e. The summed E-state index contributed by atoms with van der Waals surface area (Å²) in [7, 11) is -1.42. The normalized spacial score (nSPS) is 13.0. The van der Waals surface area contributed by atoms with Crippen molar-refractivity contribution >= 4 is 27.1 Å². The van der Waals surface area contributed by atoms with Gasteiger partial charge in [0, 0.05) is 25.0 Å². The molecular formula is C17H28N2O3S. The van der Waals surface area contributed by atoms with Gasteiger partial charge in [-0.25, -0.2) is 8.42 Å². The fourth-order valence-corrected chi connectivity index (χ4v) is 3.30. The van der Waals surface area contributed by atoms with Crippen LogP contribution in [0.2, 0.25) is 0 Å². The lowest BCUT2D eigenvalue weighted by Crippen LogP contribution is -2.36. The third-order valence-corrected chi connectivity index (χ3v) is 6.46. The predicted octanol–water partition coefficient (Wildman–Crippen LogP) is 3.07. The molecule has 0 aliphatic rings. The second-order valence-electron chi connectivity index (χ2n) is 6.09. The van der Waals surface area contributed by atoms with Crippen molar-refractivity contribution in [1.82, 2.24) is 0 Å². The highest BCUT2D eigenvalue weighted by Gasteiger charge is 2.30. The molecule has 1 amide bonds. The van der Waals surface area contributed by atoms with Gasteiger partial charge < -0.3 is 10.2 Å². The van der Waals surface area contributed by atoms with Crippen molar-refractivity contribution in [3.05, 3.63) is 24.3 Å². The third-order valence-electron chi connectivity index (χ3n) is 3.94. The van der Waals surface area contributed by atoms with Gasteiger partial charge in [0.1, 0.15) is 5.25 Å². The molecule has 0 fully saturated rings. The number of rotatable bonds is 8. The van der Waals surface area contributed by atoms with Crippen LogP contribution in [0.25, 0.3) is 0 Å². The molecule has 0 saturated heterocycles. The maximum atomic E-state index is 12.1. The minimum absolute atomic E-state index is 0.495. The number of unbranched alkanes of at least 4 members (excludes halogenated alkanes) is 1. The molecule has 1 aromatic rings. The monoisotopic (exact) mass is 340 g/mol. The molecule has 1 N–H and O–H groups in total. The summed E-state index contributed by atoms with van der Waals surface area (Å²) in [6.07, 6.45) is 2.26. The zero-order chi connectivity index (χ0) is 17.6. The van der Waals surface area contributed by atoms with Gasteiger partial charge in [-0.3, -0.25) is 4.79 Å². The minimum Gasteiger partial charge on any atom is -0.375 e. The van der Waals surface area contributed by atoms with E-state index in [-0.39, 0.29) is 0 Å². The summed E-state index contributed by atoms with van der Waals surface area (Å²) in [5.74, 6) is -0.495. The number of sulfone groups is 1. The number of amides is 1. The number of carbonyl (C=O) groups is 1. The summed E-state index contributed by atoms with van der Waals surface area (Å²) >= 11 is 0. The Labute approximate surface area is 140 Å². The lowest BCUT2D eigenvalue weighted by molar-refractivity contribution is -0.115. The van der Waals surface area contributed by atoms with Gasteiger partial charge in [0.2, 0.25) is 5.91 Å². The van der Waals surface area contributed by atoms with Crippen LogP contribution in [0.3, 0.4) is 0 Å². The molecule has 0 bridgehead atoms. The number of carbonyl (C=O) groups excluding carboxylic acids is 1. The molecule has 1 aromatic carbocycles. The lowest BCUT2D eigenvalue weighted by atomic mass is 10.2. The van der Waals surface area contributed by atoms with Crippen molar-refractivity contribution in [1.29, 1.82) is 0 Å². The molecule has 5 nitrogen and oxygen atoms in total. The topological polar surface area (TPSA) is 66.5 Å². The van der Waals surface area contributed by atoms with E-state index < -0.39 is 26.2 Å². The fourth-order valence-electron chi connectivity index (χ4n) is 2.12. The van der Waals surface area contributed by atoms with Crippen LogP contribution in [0.1, 0.15) is 40.5 Å². The van der Waals surface area contributed by atoms with Crippen LogP contribution in [0, 0.1) is 0 Å². The van der Waals surface area contributed by atoms with Crippen molar-refractivity contribution in [2.45, 2.75) is 51.0 Å². The number of hydrogen-bond donors (Lipinski definition) is 1. The first-order valence-corrected chi connectivity index (χ1v) is 9.65. The molecule has 130 valence electrons. The number of nitrogens with zero attached hydrogens (tertiary/aromatic N) is 1. The summed E-state index contributed by atoms with van der Waals surface area (Å²) < 4.78 is 24.1. The Bertz CT molecular complexity index is 609. The average Bonchev–Trinajstić information content (AvgIpc) is 2.52. The van der Waals surface area contributed by atoms with Crippen molar-refractivity contribution in [3.8, 4) is 0 Å². The Kier molecular flexibility index (Phi) is 7.06. The van der Waals surface area contributed by atoms with E-state index in [1.807, 2.05) is 19.2 Å². The first-order valence-electron chi connectivity index (χ1n) is 8.05. The highest BCUT2D eigenvalue weighted by atomic mass is 32.2. The van der Waals surface area contributed by atoms with E-state index in [1.54, 1.807) is 26.0 Å². The number of hydrogen-bond acceptors (Lipinski definition) is 4. The Hall–Kier alpha value is -1.56. The van der Waals surface area contributed by atoms with Crippen LogP contribution >= 0.6 is 0 Å². The highest BCUT2D eigenvalue weighted by Crippen LogP contribution is 2.18. The molecule has 0 spiro atoms. The van der Waals surface area contributed by atoms with Crippen LogP contribution in [0.15, 0.2) is 24.3 Å². The summed E-state index contributed by atoms with van der Waals surface area (Å²) in [6, 6.07) is 7.44. The van der Waals surface area contributed by atoms with Crippen molar-refractivity contribution in [3.63, 3.8) is 0 Å². The summed E-state index contributed by atoms with van der Waals surface area (Å²) in [6.45, 7) is 7.72. The van der Waals surface area contributed by atoms with Crippen molar-refractivity contribution in [2.75, 3.05) is 23.8 Å². The predicted molar refractivity (Wildman–Crippen MR) is 96.8 cm³/mol. The minimum atomic E-state index is -3.45. The van der Waals surface area contributed by atoms with Crippen LogP contribution in [-0.4, -0.2) is 38.4 Å². The van der Waals surface area contributed by atoms with E-state index in [9.17, 15) is 13.2 Å². The van der Waals surface area contributed by atoms with E-state index in [0.717, 1.165) is 25.1 Å². The molecule has 6 heteroatoms. The molecule has 0 saturated carbocycles. The second kappa shape index (κ2) is 8.34.